The lowest BCUT2D eigenvalue weighted by molar-refractivity contribution is 0.0818. The van der Waals surface area contributed by atoms with Crippen molar-refractivity contribution in [2.45, 2.75) is 25.4 Å². The molecule has 0 radical (unpaired) electrons. The number of rotatable bonds is 6. The van der Waals surface area contributed by atoms with E-state index in [-0.39, 0.29) is 12.0 Å². The van der Waals surface area contributed by atoms with Crippen molar-refractivity contribution in [3.63, 3.8) is 0 Å². The zero-order chi connectivity index (χ0) is 15.9. The molecule has 0 spiro atoms. The highest BCUT2D eigenvalue weighted by molar-refractivity contribution is 5.92. The van der Waals surface area contributed by atoms with Crippen LogP contribution >= 0.6 is 0 Å². The minimum atomic E-state index is -0.115. The van der Waals surface area contributed by atoms with Crippen LogP contribution in [0.25, 0.3) is 0 Å². The molecule has 0 aliphatic carbocycles. The molecule has 0 atom stereocenters. The molecule has 2 heterocycles. The number of aromatic nitrogens is 1. The summed E-state index contributed by atoms with van der Waals surface area (Å²) in [5, 5.41) is 12.7. The van der Waals surface area contributed by atoms with Crippen molar-refractivity contribution < 1.29 is 9.90 Å². The van der Waals surface area contributed by atoms with Gasteiger partial charge >= 0.3 is 0 Å². The van der Waals surface area contributed by atoms with E-state index < -0.39 is 0 Å². The maximum atomic E-state index is 11.9. The van der Waals surface area contributed by atoms with Gasteiger partial charge in [0.25, 0.3) is 5.91 Å². The average molecular weight is 306 g/mol. The van der Waals surface area contributed by atoms with Gasteiger partial charge in [-0.1, -0.05) is 6.07 Å². The Balaban J connectivity index is 1.73. The van der Waals surface area contributed by atoms with Crippen molar-refractivity contribution in [2.75, 3.05) is 45.6 Å². The fraction of sp³-hybridized carbons (Fsp3) is 0.625. The van der Waals surface area contributed by atoms with Gasteiger partial charge < -0.3 is 20.2 Å². The first-order valence-electron chi connectivity index (χ1n) is 7.89. The van der Waals surface area contributed by atoms with E-state index in [9.17, 15) is 9.90 Å². The average Bonchev–Trinajstić information content (AvgIpc) is 2.52. The molecular formula is C16H26N4O2. The first-order chi connectivity index (χ1) is 10.6. The Morgan fingerprint density at radius 3 is 2.82 bits per heavy atom. The van der Waals surface area contributed by atoms with E-state index in [0.29, 0.717) is 5.69 Å². The van der Waals surface area contributed by atoms with Crippen LogP contribution in [0.5, 0.6) is 0 Å². The first-order valence-corrected chi connectivity index (χ1v) is 7.89. The number of carbonyl (C=O) groups excluding carboxylic acids is 1. The standard InChI is InChI=1S/C16H26N4O2/c1-19(2)16(22)14-5-3-6-15(18-14)17-9-4-10-20-11-7-13(21)8-12-20/h3,5-6,13,21H,4,7-12H2,1-2H3,(H,17,18). The molecule has 2 rings (SSSR count). The van der Waals surface area contributed by atoms with E-state index in [1.54, 1.807) is 20.2 Å². The van der Waals surface area contributed by atoms with Crippen LogP contribution in [0.2, 0.25) is 0 Å². The number of likely N-dealkylation sites (tertiary alicyclic amines) is 1. The number of piperidine rings is 1. The van der Waals surface area contributed by atoms with Crippen molar-refractivity contribution in [1.29, 1.82) is 0 Å². The Labute approximate surface area is 132 Å². The number of aliphatic hydroxyl groups excluding tert-OH is 1. The van der Waals surface area contributed by atoms with Crippen LogP contribution in [0.3, 0.4) is 0 Å². The molecule has 1 aliphatic heterocycles. The van der Waals surface area contributed by atoms with E-state index in [1.165, 1.54) is 4.90 Å². The fourth-order valence-electron chi connectivity index (χ4n) is 2.54. The van der Waals surface area contributed by atoms with Crippen LogP contribution in [-0.2, 0) is 0 Å². The number of pyridine rings is 1. The molecule has 0 unspecified atom stereocenters. The highest BCUT2D eigenvalue weighted by Crippen LogP contribution is 2.10. The van der Waals surface area contributed by atoms with Crippen LogP contribution in [0.15, 0.2) is 18.2 Å². The third-order valence-electron chi connectivity index (χ3n) is 3.89. The van der Waals surface area contributed by atoms with Crippen LogP contribution in [0, 0.1) is 0 Å². The molecule has 0 saturated carbocycles. The van der Waals surface area contributed by atoms with Crippen LogP contribution in [-0.4, -0.2) is 72.2 Å². The fourth-order valence-corrected chi connectivity index (χ4v) is 2.54. The van der Waals surface area contributed by atoms with Crippen molar-refractivity contribution in [2.24, 2.45) is 0 Å². The van der Waals surface area contributed by atoms with Gasteiger partial charge in [0.15, 0.2) is 0 Å². The second-order valence-electron chi connectivity index (χ2n) is 5.96. The summed E-state index contributed by atoms with van der Waals surface area (Å²) < 4.78 is 0. The highest BCUT2D eigenvalue weighted by Gasteiger charge is 2.16. The van der Waals surface area contributed by atoms with Crippen LogP contribution in [0.1, 0.15) is 29.8 Å². The first kappa shape index (κ1) is 16.7. The maximum absolute atomic E-state index is 11.9. The Morgan fingerprint density at radius 2 is 2.14 bits per heavy atom. The predicted octanol–water partition coefficient (Wildman–Crippen LogP) is 1.04. The Kier molecular flexibility index (Phi) is 6.15. The van der Waals surface area contributed by atoms with Gasteiger partial charge in [0.1, 0.15) is 11.5 Å². The predicted molar refractivity (Wildman–Crippen MR) is 87.0 cm³/mol. The molecule has 2 N–H and O–H groups in total. The van der Waals surface area contributed by atoms with Crippen molar-refractivity contribution in [3.8, 4) is 0 Å². The normalized spacial score (nSPS) is 16.5. The lowest BCUT2D eigenvalue weighted by Gasteiger charge is -2.29. The van der Waals surface area contributed by atoms with Gasteiger partial charge in [0.2, 0.25) is 0 Å². The van der Waals surface area contributed by atoms with Gasteiger partial charge in [-0.3, -0.25) is 4.79 Å². The van der Waals surface area contributed by atoms with Crippen molar-refractivity contribution in [3.05, 3.63) is 23.9 Å². The van der Waals surface area contributed by atoms with Gasteiger partial charge in [-0.25, -0.2) is 4.98 Å². The van der Waals surface area contributed by atoms with Crippen molar-refractivity contribution in [1.82, 2.24) is 14.8 Å². The number of nitrogens with zero attached hydrogens (tertiary/aromatic N) is 3. The lowest BCUT2D eigenvalue weighted by atomic mass is 10.1. The van der Waals surface area contributed by atoms with Gasteiger partial charge in [0.05, 0.1) is 6.10 Å². The highest BCUT2D eigenvalue weighted by atomic mass is 16.3. The molecule has 1 fully saturated rings. The molecule has 0 bridgehead atoms. The third kappa shape index (κ3) is 4.96. The van der Waals surface area contributed by atoms with E-state index in [1.807, 2.05) is 12.1 Å². The molecule has 1 saturated heterocycles. The van der Waals surface area contributed by atoms with Gasteiger partial charge in [-0.2, -0.15) is 0 Å². The summed E-state index contributed by atoms with van der Waals surface area (Å²) in [5.74, 6) is 0.650. The van der Waals surface area contributed by atoms with Crippen molar-refractivity contribution >= 4 is 11.7 Å². The molecule has 122 valence electrons. The molecule has 1 amide bonds. The summed E-state index contributed by atoms with van der Waals surface area (Å²) in [4.78, 5) is 20.1. The number of anilines is 1. The summed E-state index contributed by atoms with van der Waals surface area (Å²) in [6.45, 7) is 3.81. The molecular weight excluding hydrogens is 280 g/mol. The Hall–Kier alpha value is -1.66. The number of aliphatic hydroxyl groups is 1. The number of hydrogen-bond acceptors (Lipinski definition) is 5. The maximum Gasteiger partial charge on any atom is 0.272 e. The largest absolute Gasteiger partial charge is 0.393 e. The molecule has 0 aromatic carbocycles. The smallest absolute Gasteiger partial charge is 0.272 e. The van der Waals surface area contributed by atoms with E-state index in [2.05, 4.69) is 15.2 Å². The lowest BCUT2D eigenvalue weighted by Crippen LogP contribution is -2.36. The molecule has 22 heavy (non-hydrogen) atoms. The van der Waals surface area contributed by atoms with Gasteiger partial charge in [-0.15, -0.1) is 0 Å². The van der Waals surface area contributed by atoms with Gasteiger partial charge in [0, 0.05) is 33.7 Å². The molecule has 1 aromatic rings. The third-order valence-corrected chi connectivity index (χ3v) is 3.89. The second-order valence-corrected chi connectivity index (χ2v) is 5.96. The zero-order valence-corrected chi connectivity index (χ0v) is 13.5. The summed E-state index contributed by atoms with van der Waals surface area (Å²) >= 11 is 0. The topological polar surface area (TPSA) is 68.7 Å². The van der Waals surface area contributed by atoms with E-state index in [0.717, 1.165) is 51.3 Å². The summed E-state index contributed by atoms with van der Waals surface area (Å²) in [5.41, 5.74) is 0.458. The molecule has 1 aromatic heterocycles. The van der Waals surface area contributed by atoms with E-state index in [4.69, 9.17) is 0 Å². The Morgan fingerprint density at radius 1 is 1.41 bits per heavy atom. The van der Waals surface area contributed by atoms with Crippen LogP contribution < -0.4 is 5.32 Å². The number of nitrogens with one attached hydrogen (secondary N) is 1. The molecule has 6 nitrogen and oxygen atoms in total. The molecule has 1 aliphatic rings. The van der Waals surface area contributed by atoms with Crippen LogP contribution in [0.4, 0.5) is 5.82 Å². The zero-order valence-electron chi connectivity index (χ0n) is 13.5. The quantitative estimate of drug-likeness (QED) is 0.769. The number of amides is 1. The summed E-state index contributed by atoms with van der Waals surface area (Å²) in [6, 6.07) is 5.45. The van der Waals surface area contributed by atoms with Gasteiger partial charge in [-0.05, 0) is 37.9 Å². The molecule has 6 heteroatoms. The number of carbonyl (C=O) groups is 1. The number of hydrogen-bond donors (Lipinski definition) is 2. The summed E-state index contributed by atoms with van der Waals surface area (Å²) in [7, 11) is 3.44. The summed E-state index contributed by atoms with van der Waals surface area (Å²) in [6.07, 6.45) is 2.66. The SMILES string of the molecule is CN(C)C(=O)c1cccc(NCCCN2CCC(O)CC2)n1. The second kappa shape index (κ2) is 8.10. The monoisotopic (exact) mass is 306 g/mol. The minimum Gasteiger partial charge on any atom is -0.393 e. The minimum absolute atomic E-state index is 0.0875. The Bertz CT molecular complexity index is 485. The van der Waals surface area contributed by atoms with E-state index >= 15 is 0 Å².